The molecule has 1 atom stereocenters. The molecule has 4 nitrogen and oxygen atoms in total. The molecule has 19 heavy (non-hydrogen) atoms. The number of anilines is 1. The SMILES string of the molecule is Cc1ccc(-c2nnco2)cc1NC(C)CC1CC1. The standard InChI is InChI=1S/C15H19N3O/c1-10-3-6-13(15-18-16-9-19-15)8-14(10)17-11(2)7-12-4-5-12/h3,6,8-9,11-12,17H,4-5,7H2,1-2H3. The molecule has 1 N–H and O–H groups in total. The fourth-order valence-electron chi connectivity index (χ4n) is 2.39. The van der Waals surface area contributed by atoms with Gasteiger partial charge >= 0.3 is 0 Å². The van der Waals surface area contributed by atoms with E-state index in [2.05, 4.69) is 41.5 Å². The summed E-state index contributed by atoms with van der Waals surface area (Å²) in [5.74, 6) is 1.50. The lowest BCUT2D eigenvalue weighted by Crippen LogP contribution is -2.16. The van der Waals surface area contributed by atoms with Gasteiger partial charge in [0.15, 0.2) is 0 Å². The van der Waals surface area contributed by atoms with Gasteiger partial charge in [-0.15, -0.1) is 10.2 Å². The number of hydrogen-bond donors (Lipinski definition) is 1. The predicted molar refractivity (Wildman–Crippen MR) is 74.9 cm³/mol. The molecular formula is C15H19N3O. The lowest BCUT2D eigenvalue weighted by molar-refractivity contribution is 0.568. The summed E-state index contributed by atoms with van der Waals surface area (Å²) in [4.78, 5) is 0. The van der Waals surface area contributed by atoms with Crippen molar-refractivity contribution in [2.45, 2.75) is 39.2 Å². The molecule has 1 aliphatic rings. The topological polar surface area (TPSA) is 51.0 Å². The zero-order chi connectivity index (χ0) is 13.2. The molecule has 1 aromatic carbocycles. The van der Waals surface area contributed by atoms with Crippen molar-refractivity contribution in [3.8, 4) is 11.5 Å². The van der Waals surface area contributed by atoms with E-state index >= 15 is 0 Å². The Morgan fingerprint density at radius 1 is 1.42 bits per heavy atom. The van der Waals surface area contributed by atoms with Gasteiger partial charge in [-0.1, -0.05) is 18.9 Å². The van der Waals surface area contributed by atoms with E-state index in [0.717, 1.165) is 17.2 Å². The largest absolute Gasteiger partial charge is 0.423 e. The molecule has 1 unspecified atom stereocenters. The van der Waals surface area contributed by atoms with Crippen LogP contribution in [-0.4, -0.2) is 16.2 Å². The van der Waals surface area contributed by atoms with Gasteiger partial charge in [0, 0.05) is 17.3 Å². The Kier molecular flexibility index (Phi) is 3.23. The molecule has 1 aliphatic carbocycles. The van der Waals surface area contributed by atoms with Crippen LogP contribution in [0.5, 0.6) is 0 Å². The molecular weight excluding hydrogens is 238 g/mol. The van der Waals surface area contributed by atoms with Crippen LogP contribution in [0.25, 0.3) is 11.5 Å². The molecule has 100 valence electrons. The van der Waals surface area contributed by atoms with Crippen molar-refractivity contribution in [3.05, 3.63) is 30.2 Å². The smallest absolute Gasteiger partial charge is 0.247 e. The van der Waals surface area contributed by atoms with Crippen molar-refractivity contribution in [1.29, 1.82) is 0 Å². The van der Waals surface area contributed by atoms with Crippen molar-refractivity contribution >= 4 is 5.69 Å². The quantitative estimate of drug-likeness (QED) is 0.888. The molecule has 1 heterocycles. The average Bonchev–Trinajstić information content (AvgIpc) is 3.03. The minimum absolute atomic E-state index is 0.504. The summed E-state index contributed by atoms with van der Waals surface area (Å²) in [6, 6.07) is 6.70. The highest BCUT2D eigenvalue weighted by Crippen LogP contribution is 2.34. The summed E-state index contributed by atoms with van der Waals surface area (Å²) >= 11 is 0. The lowest BCUT2D eigenvalue weighted by Gasteiger charge is -2.17. The maximum absolute atomic E-state index is 5.24. The predicted octanol–water partition coefficient (Wildman–Crippen LogP) is 3.65. The van der Waals surface area contributed by atoms with E-state index in [9.17, 15) is 0 Å². The van der Waals surface area contributed by atoms with E-state index in [4.69, 9.17) is 4.42 Å². The average molecular weight is 257 g/mol. The normalized spacial score (nSPS) is 16.3. The summed E-state index contributed by atoms with van der Waals surface area (Å²) < 4.78 is 5.24. The Balaban J connectivity index is 1.77. The number of nitrogens with one attached hydrogen (secondary N) is 1. The highest BCUT2D eigenvalue weighted by molar-refractivity contribution is 5.64. The van der Waals surface area contributed by atoms with Gasteiger partial charge in [0.2, 0.25) is 12.3 Å². The Labute approximate surface area is 113 Å². The van der Waals surface area contributed by atoms with Gasteiger partial charge in [-0.3, -0.25) is 0 Å². The molecule has 0 radical (unpaired) electrons. The summed E-state index contributed by atoms with van der Waals surface area (Å²) in [7, 11) is 0. The molecule has 0 aliphatic heterocycles. The van der Waals surface area contributed by atoms with Crippen molar-refractivity contribution in [2.24, 2.45) is 5.92 Å². The number of hydrogen-bond acceptors (Lipinski definition) is 4. The van der Waals surface area contributed by atoms with Gasteiger partial charge in [-0.05, 0) is 43.9 Å². The number of nitrogens with zero attached hydrogens (tertiary/aromatic N) is 2. The summed E-state index contributed by atoms with van der Waals surface area (Å²) in [6.45, 7) is 4.36. The Morgan fingerprint density at radius 3 is 2.95 bits per heavy atom. The van der Waals surface area contributed by atoms with Crippen LogP contribution in [0.15, 0.2) is 29.0 Å². The first kappa shape index (κ1) is 12.2. The second-order valence-corrected chi connectivity index (χ2v) is 5.50. The van der Waals surface area contributed by atoms with E-state index in [1.54, 1.807) is 0 Å². The summed E-state index contributed by atoms with van der Waals surface area (Å²) in [6.07, 6.45) is 5.41. The van der Waals surface area contributed by atoms with Gasteiger partial charge in [0.1, 0.15) is 0 Å². The number of benzene rings is 1. The monoisotopic (exact) mass is 257 g/mol. The fraction of sp³-hybridized carbons (Fsp3) is 0.467. The van der Waals surface area contributed by atoms with Gasteiger partial charge in [0.05, 0.1) is 0 Å². The van der Waals surface area contributed by atoms with Crippen LogP contribution in [0.1, 0.15) is 31.7 Å². The maximum atomic E-state index is 5.24. The van der Waals surface area contributed by atoms with E-state index in [0.29, 0.717) is 11.9 Å². The fourth-order valence-corrected chi connectivity index (χ4v) is 2.39. The minimum Gasteiger partial charge on any atom is -0.423 e. The molecule has 1 fully saturated rings. The molecule has 1 saturated carbocycles. The third-order valence-corrected chi connectivity index (χ3v) is 3.63. The van der Waals surface area contributed by atoms with Gasteiger partial charge in [0.25, 0.3) is 0 Å². The molecule has 0 amide bonds. The van der Waals surface area contributed by atoms with Crippen molar-refractivity contribution < 1.29 is 4.42 Å². The first-order valence-corrected chi connectivity index (χ1v) is 6.86. The molecule has 0 bridgehead atoms. The third kappa shape index (κ3) is 2.95. The molecule has 3 rings (SSSR count). The summed E-state index contributed by atoms with van der Waals surface area (Å²) in [5.41, 5.74) is 3.36. The second kappa shape index (κ2) is 5.03. The van der Waals surface area contributed by atoms with E-state index in [1.807, 2.05) is 6.07 Å². The lowest BCUT2D eigenvalue weighted by atomic mass is 10.1. The molecule has 1 aromatic heterocycles. The molecule has 0 spiro atoms. The maximum Gasteiger partial charge on any atom is 0.247 e. The Bertz CT molecular complexity index is 547. The van der Waals surface area contributed by atoms with Crippen LogP contribution in [-0.2, 0) is 0 Å². The van der Waals surface area contributed by atoms with Gasteiger partial charge in [-0.25, -0.2) is 0 Å². The Morgan fingerprint density at radius 2 is 2.26 bits per heavy atom. The number of rotatable bonds is 5. The van der Waals surface area contributed by atoms with Crippen LogP contribution < -0.4 is 5.32 Å². The van der Waals surface area contributed by atoms with E-state index in [1.165, 1.54) is 31.2 Å². The van der Waals surface area contributed by atoms with Gasteiger partial charge in [-0.2, -0.15) is 0 Å². The Hall–Kier alpha value is -1.84. The van der Waals surface area contributed by atoms with E-state index in [-0.39, 0.29) is 0 Å². The molecule has 4 heteroatoms. The zero-order valence-electron chi connectivity index (χ0n) is 11.4. The van der Waals surface area contributed by atoms with Crippen molar-refractivity contribution in [1.82, 2.24) is 10.2 Å². The van der Waals surface area contributed by atoms with Crippen LogP contribution in [0.2, 0.25) is 0 Å². The van der Waals surface area contributed by atoms with Crippen molar-refractivity contribution in [2.75, 3.05) is 5.32 Å². The van der Waals surface area contributed by atoms with Crippen LogP contribution in [0.3, 0.4) is 0 Å². The van der Waals surface area contributed by atoms with Crippen LogP contribution in [0.4, 0.5) is 5.69 Å². The molecule has 2 aromatic rings. The third-order valence-electron chi connectivity index (χ3n) is 3.63. The number of aromatic nitrogens is 2. The summed E-state index contributed by atoms with van der Waals surface area (Å²) in [5, 5.41) is 11.3. The van der Waals surface area contributed by atoms with E-state index < -0.39 is 0 Å². The first-order chi connectivity index (χ1) is 9.22. The highest BCUT2D eigenvalue weighted by atomic mass is 16.4. The first-order valence-electron chi connectivity index (χ1n) is 6.86. The molecule has 0 saturated heterocycles. The number of aryl methyl sites for hydroxylation is 1. The van der Waals surface area contributed by atoms with Crippen LogP contribution in [0, 0.1) is 12.8 Å². The zero-order valence-corrected chi connectivity index (χ0v) is 11.4. The minimum atomic E-state index is 0.504. The van der Waals surface area contributed by atoms with Crippen molar-refractivity contribution in [3.63, 3.8) is 0 Å². The van der Waals surface area contributed by atoms with Crippen LogP contribution >= 0.6 is 0 Å². The second-order valence-electron chi connectivity index (χ2n) is 5.50. The van der Waals surface area contributed by atoms with Gasteiger partial charge < -0.3 is 9.73 Å². The highest BCUT2D eigenvalue weighted by Gasteiger charge is 2.23.